The van der Waals surface area contributed by atoms with Crippen LogP contribution in [0.4, 0.5) is 5.69 Å². The maximum Gasteiger partial charge on any atom is 0.276 e. The molecule has 25 heavy (non-hydrogen) atoms. The number of anilines is 1. The minimum absolute atomic E-state index is 0. The third kappa shape index (κ3) is 3.83. The number of amides is 2. The summed E-state index contributed by atoms with van der Waals surface area (Å²) in [5.74, 6) is -0.305. The van der Waals surface area contributed by atoms with Gasteiger partial charge in [0.2, 0.25) is 0 Å². The molecule has 3 rings (SSSR count). The van der Waals surface area contributed by atoms with Gasteiger partial charge in [0.1, 0.15) is 0 Å². The molecule has 0 saturated carbocycles. The zero-order chi connectivity index (χ0) is 17.3. The number of hydrogen-bond acceptors (Lipinski definition) is 4. The lowest BCUT2D eigenvalue weighted by Crippen LogP contribution is -2.25. The van der Waals surface area contributed by atoms with Gasteiger partial charge in [0, 0.05) is 56.1 Å². The van der Waals surface area contributed by atoms with E-state index in [1.165, 1.54) is 4.90 Å². The number of aryl methyl sites for hydroxylation is 1. The highest BCUT2D eigenvalue weighted by molar-refractivity contribution is 6.04. The fourth-order valence-corrected chi connectivity index (χ4v) is 2.83. The van der Waals surface area contributed by atoms with E-state index in [-0.39, 0.29) is 24.2 Å². The minimum Gasteiger partial charge on any atom is -0.345 e. The predicted octanol–water partition coefficient (Wildman–Crippen LogP) is 1.74. The zero-order valence-corrected chi connectivity index (χ0v) is 15.3. The molecule has 8 heteroatoms. The monoisotopic (exact) mass is 363 g/mol. The number of carbonyl (C=O) groups excluding carboxylic acids is 2. The Balaban J connectivity index is 0.00000225. The first-order chi connectivity index (χ1) is 11.5. The van der Waals surface area contributed by atoms with Gasteiger partial charge in [0.25, 0.3) is 11.8 Å². The number of nitrogens with one attached hydrogen (secondary N) is 3. The summed E-state index contributed by atoms with van der Waals surface area (Å²) in [7, 11) is 3.43. The lowest BCUT2D eigenvalue weighted by Gasteiger charge is -2.14. The van der Waals surface area contributed by atoms with Crippen LogP contribution >= 0.6 is 12.4 Å². The molecule has 0 unspecified atom stereocenters. The first kappa shape index (κ1) is 19.0. The highest BCUT2D eigenvalue weighted by Gasteiger charge is 2.22. The maximum atomic E-state index is 12.5. The van der Waals surface area contributed by atoms with Gasteiger partial charge in [-0.05, 0) is 30.7 Å². The summed E-state index contributed by atoms with van der Waals surface area (Å²) >= 11 is 0. The second kappa shape index (κ2) is 7.67. The minimum atomic E-state index is -0.248. The van der Waals surface area contributed by atoms with Crippen LogP contribution in [-0.4, -0.2) is 47.6 Å². The normalized spacial score (nSPS) is 12.8. The molecule has 0 bridgehead atoms. The van der Waals surface area contributed by atoms with Crippen LogP contribution in [0.1, 0.15) is 37.7 Å². The van der Waals surface area contributed by atoms with Crippen molar-refractivity contribution in [2.24, 2.45) is 0 Å². The molecule has 3 N–H and O–H groups in total. The van der Waals surface area contributed by atoms with E-state index < -0.39 is 0 Å². The Kier molecular flexibility index (Phi) is 5.81. The van der Waals surface area contributed by atoms with Crippen molar-refractivity contribution in [3.8, 4) is 0 Å². The second-order valence-electron chi connectivity index (χ2n) is 6.14. The van der Waals surface area contributed by atoms with Crippen molar-refractivity contribution in [3.63, 3.8) is 0 Å². The molecule has 0 aliphatic carbocycles. The van der Waals surface area contributed by atoms with Gasteiger partial charge < -0.3 is 15.5 Å². The summed E-state index contributed by atoms with van der Waals surface area (Å²) in [6.07, 6.45) is 0.843. The smallest absolute Gasteiger partial charge is 0.276 e. The summed E-state index contributed by atoms with van der Waals surface area (Å²) in [4.78, 5) is 26.1. The number of carbonyl (C=O) groups is 2. The van der Waals surface area contributed by atoms with Crippen molar-refractivity contribution in [3.05, 3.63) is 46.3 Å². The highest BCUT2D eigenvalue weighted by atomic mass is 35.5. The van der Waals surface area contributed by atoms with E-state index in [1.54, 1.807) is 32.3 Å². The summed E-state index contributed by atoms with van der Waals surface area (Å²) in [5, 5.41) is 13.2. The standard InChI is InChI=1S/C17H21N5O2.ClH/c1-10-8-11(4-5-12(10)17(24)22(2)3)19-16(23)15-13-9-18-7-6-14(13)20-21-15;/h4-5,8,18H,6-7,9H2,1-3H3,(H,19,23)(H,20,21);1H. The number of rotatable bonds is 3. The van der Waals surface area contributed by atoms with E-state index in [2.05, 4.69) is 20.8 Å². The van der Waals surface area contributed by atoms with Crippen LogP contribution < -0.4 is 10.6 Å². The third-order valence-corrected chi connectivity index (χ3v) is 4.14. The molecule has 0 fully saturated rings. The van der Waals surface area contributed by atoms with Crippen LogP contribution in [0, 0.1) is 6.92 Å². The van der Waals surface area contributed by atoms with Gasteiger partial charge in [-0.3, -0.25) is 14.7 Å². The SMILES string of the molecule is Cc1cc(NC(=O)c2n[nH]c3c2CNCC3)ccc1C(=O)N(C)C.Cl. The van der Waals surface area contributed by atoms with Crippen molar-refractivity contribution in [2.75, 3.05) is 26.0 Å². The number of H-pyrrole nitrogens is 1. The van der Waals surface area contributed by atoms with E-state index >= 15 is 0 Å². The number of hydrogen-bond donors (Lipinski definition) is 3. The van der Waals surface area contributed by atoms with E-state index in [9.17, 15) is 9.59 Å². The molecule has 0 saturated heterocycles. The van der Waals surface area contributed by atoms with Crippen LogP contribution in [0.25, 0.3) is 0 Å². The fraction of sp³-hybridized carbons (Fsp3) is 0.353. The molecular weight excluding hydrogens is 342 g/mol. The highest BCUT2D eigenvalue weighted by Crippen LogP contribution is 2.19. The van der Waals surface area contributed by atoms with Crippen LogP contribution in [0.3, 0.4) is 0 Å². The molecule has 0 spiro atoms. The molecule has 1 aromatic heterocycles. The molecule has 7 nitrogen and oxygen atoms in total. The van der Waals surface area contributed by atoms with Crippen molar-refractivity contribution < 1.29 is 9.59 Å². The van der Waals surface area contributed by atoms with Gasteiger partial charge in [-0.2, -0.15) is 5.10 Å². The Morgan fingerprint density at radius 1 is 1.28 bits per heavy atom. The van der Waals surface area contributed by atoms with Crippen molar-refractivity contribution in [2.45, 2.75) is 19.9 Å². The fourth-order valence-electron chi connectivity index (χ4n) is 2.83. The molecular formula is C17H22ClN5O2. The van der Waals surface area contributed by atoms with Crippen LogP contribution in [0.5, 0.6) is 0 Å². The zero-order valence-electron chi connectivity index (χ0n) is 14.5. The molecule has 1 aromatic carbocycles. The quantitative estimate of drug-likeness (QED) is 0.774. The van der Waals surface area contributed by atoms with E-state index in [0.717, 1.165) is 29.8 Å². The summed E-state index contributed by atoms with van der Waals surface area (Å²) < 4.78 is 0. The first-order valence-electron chi connectivity index (χ1n) is 7.88. The lowest BCUT2D eigenvalue weighted by atomic mass is 10.1. The van der Waals surface area contributed by atoms with Gasteiger partial charge in [-0.15, -0.1) is 12.4 Å². The van der Waals surface area contributed by atoms with Crippen molar-refractivity contribution >= 4 is 29.9 Å². The first-order valence-corrected chi connectivity index (χ1v) is 7.88. The van der Waals surface area contributed by atoms with Crippen molar-refractivity contribution in [1.82, 2.24) is 20.4 Å². The number of benzene rings is 1. The van der Waals surface area contributed by atoms with Gasteiger partial charge in [0.15, 0.2) is 5.69 Å². The average Bonchev–Trinajstić information content (AvgIpc) is 2.98. The maximum absolute atomic E-state index is 12.5. The molecule has 2 aromatic rings. The van der Waals surface area contributed by atoms with Gasteiger partial charge >= 0.3 is 0 Å². The summed E-state index contributed by atoms with van der Waals surface area (Å²) in [6.45, 7) is 3.38. The molecule has 134 valence electrons. The Morgan fingerprint density at radius 2 is 2.04 bits per heavy atom. The number of aromatic amines is 1. The Labute approximate surface area is 152 Å². The van der Waals surface area contributed by atoms with Crippen LogP contribution in [0.15, 0.2) is 18.2 Å². The number of halogens is 1. The van der Waals surface area contributed by atoms with Gasteiger partial charge in [-0.25, -0.2) is 0 Å². The molecule has 2 amide bonds. The Hall–Kier alpha value is -2.38. The van der Waals surface area contributed by atoms with Gasteiger partial charge in [0.05, 0.1) is 0 Å². The Bertz CT molecular complexity index is 800. The average molecular weight is 364 g/mol. The third-order valence-electron chi connectivity index (χ3n) is 4.14. The topological polar surface area (TPSA) is 90.1 Å². The van der Waals surface area contributed by atoms with E-state index in [4.69, 9.17) is 0 Å². The predicted molar refractivity (Wildman–Crippen MR) is 98.4 cm³/mol. The molecule has 0 atom stereocenters. The second-order valence-corrected chi connectivity index (χ2v) is 6.14. The molecule has 1 aliphatic rings. The Morgan fingerprint density at radius 3 is 2.72 bits per heavy atom. The largest absolute Gasteiger partial charge is 0.345 e. The molecule has 0 radical (unpaired) electrons. The van der Waals surface area contributed by atoms with E-state index in [1.807, 2.05) is 6.92 Å². The lowest BCUT2D eigenvalue weighted by molar-refractivity contribution is 0.0826. The summed E-state index contributed by atoms with van der Waals surface area (Å²) in [5.41, 5.74) is 4.45. The number of aromatic nitrogens is 2. The number of fused-ring (bicyclic) bond motifs is 1. The van der Waals surface area contributed by atoms with Crippen LogP contribution in [-0.2, 0) is 13.0 Å². The molecule has 2 heterocycles. The molecule has 1 aliphatic heterocycles. The van der Waals surface area contributed by atoms with Crippen molar-refractivity contribution in [1.29, 1.82) is 0 Å². The van der Waals surface area contributed by atoms with Crippen LogP contribution in [0.2, 0.25) is 0 Å². The number of nitrogens with zero attached hydrogens (tertiary/aromatic N) is 2. The van der Waals surface area contributed by atoms with E-state index in [0.29, 0.717) is 23.5 Å². The van der Waals surface area contributed by atoms with Gasteiger partial charge in [-0.1, -0.05) is 0 Å². The summed E-state index contributed by atoms with van der Waals surface area (Å²) in [6, 6.07) is 5.26.